The number of halogens is 4. The lowest BCUT2D eigenvalue weighted by Gasteiger charge is -2.28. The first-order valence-corrected chi connectivity index (χ1v) is 6.60. The van der Waals surface area contributed by atoms with Crippen LogP contribution in [0.2, 0.25) is 0 Å². The van der Waals surface area contributed by atoms with Crippen LogP contribution < -0.4 is 10.2 Å². The zero-order chi connectivity index (χ0) is 14.8. The number of hydrogen-bond donors (Lipinski definition) is 1. The van der Waals surface area contributed by atoms with Crippen molar-refractivity contribution in [3.63, 3.8) is 0 Å². The Kier molecular flexibility index (Phi) is 4.52. The molecule has 1 aliphatic heterocycles. The molecule has 0 saturated carbocycles. The third-order valence-electron chi connectivity index (χ3n) is 3.50. The van der Waals surface area contributed by atoms with E-state index < -0.39 is 18.9 Å². The third kappa shape index (κ3) is 3.42. The van der Waals surface area contributed by atoms with Gasteiger partial charge >= 0.3 is 12.3 Å². The Labute approximate surface area is 115 Å². The maximum Gasteiger partial charge on any atom is 0.319 e. The third-order valence-corrected chi connectivity index (χ3v) is 3.50. The zero-order valence-electron chi connectivity index (χ0n) is 11.3. The highest BCUT2D eigenvalue weighted by molar-refractivity contribution is 5.56. The second-order valence-electron chi connectivity index (χ2n) is 5.15. The fourth-order valence-corrected chi connectivity index (χ4v) is 2.40. The van der Waals surface area contributed by atoms with Crippen LogP contribution >= 0.6 is 0 Å². The average molecular weight is 290 g/mol. The van der Waals surface area contributed by atoms with Crippen molar-refractivity contribution in [3.05, 3.63) is 29.3 Å². The fourth-order valence-electron chi connectivity index (χ4n) is 2.40. The lowest BCUT2D eigenvalue weighted by Crippen LogP contribution is -2.38. The summed E-state index contributed by atoms with van der Waals surface area (Å²) in [7, 11) is 2.01. The number of aryl methyl sites for hydroxylation is 1. The number of nitrogens with one attached hydrogen (secondary N) is 1. The van der Waals surface area contributed by atoms with Crippen LogP contribution in [0.1, 0.15) is 17.5 Å². The number of anilines is 1. The molecule has 0 aliphatic carbocycles. The molecule has 0 amide bonds. The van der Waals surface area contributed by atoms with Gasteiger partial charge in [-0.05, 0) is 30.0 Å². The molecule has 0 atom stereocenters. The number of fused-ring (bicyclic) bond motifs is 1. The van der Waals surface area contributed by atoms with Crippen LogP contribution in [-0.4, -0.2) is 32.5 Å². The van der Waals surface area contributed by atoms with Gasteiger partial charge in [0.15, 0.2) is 0 Å². The van der Waals surface area contributed by atoms with Crippen molar-refractivity contribution < 1.29 is 17.6 Å². The van der Waals surface area contributed by atoms with Crippen molar-refractivity contribution in [3.8, 4) is 0 Å². The predicted octanol–water partition coefficient (Wildman–Crippen LogP) is 3.06. The Morgan fingerprint density at radius 2 is 2.10 bits per heavy atom. The highest BCUT2D eigenvalue weighted by Gasteiger charge is 2.39. The van der Waals surface area contributed by atoms with Gasteiger partial charge < -0.3 is 10.2 Å². The minimum atomic E-state index is -3.98. The van der Waals surface area contributed by atoms with Crippen molar-refractivity contribution in [1.82, 2.24) is 5.32 Å². The van der Waals surface area contributed by atoms with Gasteiger partial charge in [0.2, 0.25) is 0 Å². The molecule has 0 saturated heterocycles. The van der Waals surface area contributed by atoms with E-state index >= 15 is 0 Å². The first-order chi connectivity index (χ1) is 9.40. The van der Waals surface area contributed by atoms with Crippen LogP contribution in [0.4, 0.5) is 23.2 Å². The molecule has 1 aromatic carbocycles. The monoisotopic (exact) mass is 290 g/mol. The molecular weight excluding hydrogens is 272 g/mol. The van der Waals surface area contributed by atoms with Gasteiger partial charge in [-0.15, -0.1) is 0 Å². The van der Waals surface area contributed by atoms with E-state index in [1.807, 2.05) is 25.2 Å². The van der Waals surface area contributed by atoms with Crippen LogP contribution in [0.5, 0.6) is 0 Å². The predicted molar refractivity (Wildman–Crippen MR) is 70.7 cm³/mol. The quantitative estimate of drug-likeness (QED) is 0.838. The van der Waals surface area contributed by atoms with Crippen LogP contribution in [0.15, 0.2) is 18.2 Å². The first kappa shape index (κ1) is 15.1. The zero-order valence-corrected chi connectivity index (χ0v) is 11.3. The minimum Gasteiger partial charge on any atom is -0.374 e. The molecule has 1 aromatic rings. The Hall–Kier alpha value is -1.30. The van der Waals surface area contributed by atoms with E-state index in [1.54, 1.807) is 0 Å². The van der Waals surface area contributed by atoms with Gasteiger partial charge in [0.1, 0.15) is 0 Å². The molecular formula is C14H18F4N2. The number of rotatable bonds is 5. The van der Waals surface area contributed by atoms with Gasteiger partial charge in [0.25, 0.3) is 0 Å². The van der Waals surface area contributed by atoms with E-state index in [0.717, 1.165) is 30.6 Å². The van der Waals surface area contributed by atoms with E-state index in [4.69, 9.17) is 0 Å². The summed E-state index contributed by atoms with van der Waals surface area (Å²) in [6.45, 7) is 0.159. The highest BCUT2D eigenvalue weighted by Crippen LogP contribution is 2.27. The number of nitrogens with zero attached hydrogens (tertiary/aromatic N) is 1. The number of hydrogen-bond acceptors (Lipinski definition) is 2. The van der Waals surface area contributed by atoms with E-state index in [-0.39, 0.29) is 6.54 Å². The van der Waals surface area contributed by atoms with E-state index in [9.17, 15) is 17.6 Å². The van der Waals surface area contributed by atoms with Gasteiger partial charge in [-0.3, -0.25) is 0 Å². The van der Waals surface area contributed by atoms with Crippen LogP contribution in [-0.2, 0) is 13.0 Å². The molecule has 0 aromatic heterocycles. The van der Waals surface area contributed by atoms with Crippen molar-refractivity contribution in [1.29, 1.82) is 0 Å². The summed E-state index contributed by atoms with van der Waals surface area (Å²) < 4.78 is 49.5. The molecule has 2 nitrogen and oxygen atoms in total. The normalized spacial score (nSPS) is 15.6. The SMILES string of the molecule is CN1CCCc2cc(CNCC(F)(F)C(F)F)ccc21. The van der Waals surface area contributed by atoms with Crippen molar-refractivity contribution in [2.24, 2.45) is 0 Å². The smallest absolute Gasteiger partial charge is 0.319 e. The summed E-state index contributed by atoms with van der Waals surface area (Å²) in [5, 5.41) is 2.40. The lowest BCUT2D eigenvalue weighted by atomic mass is 9.99. The average Bonchev–Trinajstić information content (AvgIpc) is 2.38. The van der Waals surface area contributed by atoms with E-state index in [1.165, 1.54) is 5.56 Å². The molecule has 0 unspecified atom stereocenters. The van der Waals surface area contributed by atoms with Gasteiger partial charge in [0.05, 0.1) is 6.54 Å². The Bertz CT molecular complexity index is 462. The van der Waals surface area contributed by atoms with Crippen LogP contribution in [0, 0.1) is 0 Å². The van der Waals surface area contributed by atoms with Crippen LogP contribution in [0.3, 0.4) is 0 Å². The second-order valence-corrected chi connectivity index (χ2v) is 5.15. The maximum atomic E-state index is 12.8. The standard InChI is InChI=1S/C14H18F4N2/c1-20-6-2-3-11-7-10(4-5-12(11)20)8-19-9-14(17,18)13(15)16/h4-5,7,13,19H,2-3,6,8-9H2,1H3. The maximum absolute atomic E-state index is 12.8. The molecule has 2 rings (SSSR count). The minimum absolute atomic E-state index is 0.166. The molecule has 1 N–H and O–H groups in total. The van der Waals surface area contributed by atoms with Gasteiger partial charge in [0, 0.05) is 25.8 Å². The molecule has 0 radical (unpaired) electrons. The summed E-state index contributed by atoms with van der Waals surface area (Å²) in [4.78, 5) is 2.15. The second kappa shape index (κ2) is 5.99. The van der Waals surface area contributed by atoms with Gasteiger partial charge in [-0.2, -0.15) is 8.78 Å². The highest BCUT2D eigenvalue weighted by atomic mass is 19.3. The summed E-state index contributed by atoms with van der Waals surface area (Å²) in [6, 6.07) is 5.75. The summed E-state index contributed by atoms with van der Waals surface area (Å²) in [6.07, 6.45) is -1.61. The Balaban J connectivity index is 1.94. The molecule has 0 fully saturated rings. The summed E-state index contributed by atoms with van der Waals surface area (Å²) in [5.41, 5.74) is 3.17. The topological polar surface area (TPSA) is 15.3 Å². The first-order valence-electron chi connectivity index (χ1n) is 6.60. The van der Waals surface area contributed by atoms with Gasteiger partial charge in [-0.25, -0.2) is 8.78 Å². The number of benzene rings is 1. The summed E-state index contributed by atoms with van der Waals surface area (Å²) >= 11 is 0. The summed E-state index contributed by atoms with van der Waals surface area (Å²) in [5.74, 6) is -3.98. The lowest BCUT2D eigenvalue weighted by molar-refractivity contribution is -0.125. The van der Waals surface area contributed by atoms with E-state index in [0.29, 0.717) is 0 Å². The van der Waals surface area contributed by atoms with Crippen molar-refractivity contribution >= 4 is 5.69 Å². The molecule has 1 aliphatic rings. The molecule has 0 bridgehead atoms. The largest absolute Gasteiger partial charge is 0.374 e. The van der Waals surface area contributed by atoms with E-state index in [2.05, 4.69) is 10.2 Å². The molecule has 0 spiro atoms. The molecule has 112 valence electrons. The Morgan fingerprint density at radius 1 is 1.35 bits per heavy atom. The fraction of sp³-hybridized carbons (Fsp3) is 0.571. The Morgan fingerprint density at radius 3 is 2.80 bits per heavy atom. The van der Waals surface area contributed by atoms with Crippen molar-refractivity contribution in [2.75, 3.05) is 25.0 Å². The molecule has 6 heteroatoms. The molecule has 20 heavy (non-hydrogen) atoms. The number of alkyl halides is 4. The van der Waals surface area contributed by atoms with Crippen molar-refractivity contribution in [2.45, 2.75) is 31.7 Å². The van der Waals surface area contributed by atoms with Crippen LogP contribution in [0.25, 0.3) is 0 Å². The molecule has 1 heterocycles. The van der Waals surface area contributed by atoms with Gasteiger partial charge in [-0.1, -0.05) is 12.1 Å².